The Kier molecular flexibility index (Phi) is 4.08. The van der Waals surface area contributed by atoms with Crippen molar-refractivity contribution < 1.29 is 5.11 Å². The minimum absolute atomic E-state index is 0.217. The smallest absolute Gasteiger partial charge is 0.240 e. The molecule has 7 heteroatoms. The number of aromatic nitrogens is 2. The van der Waals surface area contributed by atoms with E-state index in [4.69, 9.17) is 10.9 Å². The number of nitrogens with zero attached hydrogens (tertiary/aromatic N) is 2. The molecule has 92 valence electrons. The monoisotopic (exact) mass is 253 g/mol. The molecule has 0 radical (unpaired) electrons. The summed E-state index contributed by atoms with van der Waals surface area (Å²) in [7, 11) is 0. The molecule has 0 aromatic carbocycles. The van der Waals surface area contributed by atoms with Gasteiger partial charge in [-0.25, -0.2) is 10.8 Å². The summed E-state index contributed by atoms with van der Waals surface area (Å²) in [5.74, 6) is 6.51. The SMILES string of the molecule is NNc1nc(NCCCCO)c2ccsc2n1. The second-order valence-electron chi connectivity index (χ2n) is 3.54. The Bertz CT molecular complexity index is 487. The second kappa shape index (κ2) is 5.76. The highest BCUT2D eigenvalue weighted by atomic mass is 32.1. The highest BCUT2D eigenvalue weighted by molar-refractivity contribution is 7.16. The van der Waals surface area contributed by atoms with Gasteiger partial charge in [0.2, 0.25) is 5.95 Å². The molecule has 0 aliphatic carbocycles. The molecular formula is C10H15N5OS. The molecular weight excluding hydrogens is 238 g/mol. The molecule has 0 atom stereocenters. The van der Waals surface area contributed by atoms with E-state index in [2.05, 4.69) is 20.7 Å². The Hall–Kier alpha value is -1.44. The van der Waals surface area contributed by atoms with Gasteiger partial charge in [0, 0.05) is 13.2 Å². The van der Waals surface area contributed by atoms with Crippen molar-refractivity contribution in [2.24, 2.45) is 5.84 Å². The summed E-state index contributed by atoms with van der Waals surface area (Å²) >= 11 is 1.55. The van der Waals surface area contributed by atoms with E-state index in [-0.39, 0.29) is 6.61 Å². The first-order chi connectivity index (χ1) is 8.35. The third-order valence-electron chi connectivity index (χ3n) is 2.33. The van der Waals surface area contributed by atoms with Crippen LogP contribution in [0.2, 0.25) is 0 Å². The van der Waals surface area contributed by atoms with Crippen LogP contribution < -0.4 is 16.6 Å². The van der Waals surface area contributed by atoms with Gasteiger partial charge in [-0.1, -0.05) is 0 Å². The zero-order chi connectivity index (χ0) is 12.1. The normalized spacial score (nSPS) is 10.7. The lowest BCUT2D eigenvalue weighted by atomic mass is 10.3. The van der Waals surface area contributed by atoms with Crippen molar-refractivity contribution in [3.05, 3.63) is 11.4 Å². The van der Waals surface area contributed by atoms with Crippen LogP contribution in [-0.2, 0) is 0 Å². The topological polar surface area (TPSA) is 96.1 Å². The van der Waals surface area contributed by atoms with Gasteiger partial charge in [0.15, 0.2) is 0 Å². The molecule has 5 N–H and O–H groups in total. The number of fused-ring (bicyclic) bond motifs is 1. The largest absolute Gasteiger partial charge is 0.396 e. The van der Waals surface area contributed by atoms with E-state index < -0.39 is 0 Å². The average molecular weight is 253 g/mol. The van der Waals surface area contributed by atoms with E-state index in [1.54, 1.807) is 11.3 Å². The molecule has 0 bridgehead atoms. The van der Waals surface area contributed by atoms with Crippen molar-refractivity contribution in [3.63, 3.8) is 0 Å². The summed E-state index contributed by atoms with van der Waals surface area (Å²) < 4.78 is 0. The molecule has 2 aromatic rings. The van der Waals surface area contributed by atoms with Crippen LogP contribution in [0.5, 0.6) is 0 Å². The fourth-order valence-electron chi connectivity index (χ4n) is 1.50. The van der Waals surface area contributed by atoms with E-state index >= 15 is 0 Å². The van der Waals surface area contributed by atoms with Gasteiger partial charge in [-0.2, -0.15) is 4.98 Å². The van der Waals surface area contributed by atoms with Gasteiger partial charge in [0.1, 0.15) is 10.6 Å². The van der Waals surface area contributed by atoms with Gasteiger partial charge in [-0.3, -0.25) is 5.43 Å². The standard InChI is InChI=1S/C10H15N5OS/c11-15-10-13-8(12-4-1-2-5-16)7-3-6-17-9(7)14-10/h3,6,16H,1-2,4-5,11H2,(H2,12,13,14,15). The maximum Gasteiger partial charge on any atom is 0.240 e. The maximum atomic E-state index is 8.71. The molecule has 0 aliphatic heterocycles. The van der Waals surface area contributed by atoms with E-state index in [0.29, 0.717) is 5.95 Å². The Morgan fingerprint density at radius 3 is 3.00 bits per heavy atom. The summed E-state index contributed by atoms with van der Waals surface area (Å²) in [5.41, 5.74) is 2.46. The van der Waals surface area contributed by atoms with Crippen LogP contribution in [0.4, 0.5) is 11.8 Å². The summed E-state index contributed by atoms with van der Waals surface area (Å²) in [5, 5.41) is 14.9. The number of rotatable bonds is 6. The first-order valence-corrected chi connectivity index (χ1v) is 6.29. The Morgan fingerprint density at radius 2 is 2.24 bits per heavy atom. The molecule has 2 aromatic heterocycles. The molecule has 0 fully saturated rings. The third kappa shape index (κ3) is 2.82. The Labute approximate surface area is 103 Å². The second-order valence-corrected chi connectivity index (χ2v) is 4.43. The number of nitrogen functional groups attached to an aromatic ring is 1. The predicted octanol–water partition coefficient (Wildman–Crippen LogP) is 1.16. The van der Waals surface area contributed by atoms with Gasteiger partial charge in [0.05, 0.1) is 5.39 Å². The van der Waals surface area contributed by atoms with Crippen LogP contribution in [0.15, 0.2) is 11.4 Å². The highest BCUT2D eigenvalue weighted by Gasteiger charge is 2.07. The lowest BCUT2D eigenvalue weighted by Gasteiger charge is -2.07. The molecule has 0 unspecified atom stereocenters. The number of nitrogens with two attached hydrogens (primary N) is 1. The van der Waals surface area contributed by atoms with Crippen molar-refractivity contribution in [2.75, 3.05) is 23.9 Å². The zero-order valence-corrected chi connectivity index (χ0v) is 10.1. The first kappa shape index (κ1) is 12.0. The van der Waals surface area contributed by atoms with Gasteiger partial charge in [-0.15, -0.1) is 11.3 Å². The average Bonchev–Trinajstić information content (AvgIpc) is 2.82. The van der Waals surface area contributed by atoms with Crippen molar-refractivity contribution in [1.29, 1.82) is 0 Å². The fraction of sp³-hybridized carbons (Fsp3) is 0.400. The van der Waals surface area contributed by atoms with Crippen LogP contribution in [0.1, 0.15) is 12.8 Å². The molecule has 0 aliphatic rings. The van der Waals surface area contributed by atoms with Crippen LogP contribution in [-0.4, -0.2) is 28.2 Å². The Morgan fingerprint density at radius 1 is 1.35 bits per heavy atom. The van der Waals surface area contributed by atoms with Crippen LogP contribution in [0.25, 0.3) is 10.2 Å². The fourth-order valence-corrected chi connectivity index (χ4v) is 2.26. The number of anilines is 2. The summed E-state index contributed by atoms with van der Waals surface area (Å²) in [6, 6.07) is 1.98. The first-order valence-electron chi connectivity index (χ1n) is 5.41. The summed E-state index contributed by atoms with van der Waals surface area (Å²) in [6.45, 7) is 0.988. The van der Waals surface area contributed by atoms with Crippen LogP contribution in [0.3, 0.4) is 0 Å². The number of aliphatic hydroxyl groups is 1. The molecule has 0 amide bonds. The highest BCUT2D eigenvalue weighted by Crippen LogP contribution is 2.26. The van der Waals surface area contributed by atoms with Crippen molar-refractivity contribution in [3.8, 4) is 0 Å². The number of thiophene rings is 1. The van der Waals surface area contributed by atoms with E-state index in [0.717, 1.165) is 35.4 Å². The van der Waals surface area contributed by atoms with Crippen molar-refractivity contribution >= 4 is 33.3 Å². The Balaban J connectivity index is 2.16. The molecule has 2 heterocycles. The van der Waals surface area contributed by atoms with Crippen molar-refractivity contribution in [1.82, 2.24) is 9.97 Å². The van der Waals surface area contributed by atoms with Gasteiger partial charge < -0.3 is 10.4 Å². The number of aliphatic hydroxyl groups excluding tert-OH is 1. The maximum absolute atomic E-state index is 8.71. The van der Waals surface area contributed by atoms with Gasteiger partial charge in [-0.05, 0) is 24.3 Å². The lowest BCUT2D eigenvalue weighted by molar-refractivity contribution is 0.286. The van der Waals surface area contributed by atoms with Crippen molar-refractivity contribution in [2.45, 2.75) is 12.8 Å². The molecule has 0 saturated carbocycles. The third-order valence-corrected chi connectivity index (χ3v) is 3.14. The summed E-state index contributed by atoms with van der Waals surface area (Å²) in [6.07, 6.45) is 1.68. The van der Waals surface area contributed by atoms with E-state index in [9.17, 15) is 0 Å². The molecule has 2 rings (SSSR count). The molecule has 0 spiro atoms. The number of hydrogen-bond donors (Lipinski definition) is 4. The van der Waals surface area contributed by atoms with Crippen LogP contribution in [0, 0.1) is 0 Å². The molecule has 6 nitrogen and oxygen atoms in total. The quantitative estimate of drug-likeness (QED) is 0.350. The summed E-state index contributed by atoms with van der Waals surface area (Å²) in [4.78, 5) is 9.43. The zero-order valence-electron chi connectivity index (χ0n) is 9.31. The number of nitrogens with one attached hydrogen (secondary N) is 2. The predicted molar refractivity (Wildman–Crippen MR) is 70.0 cm³/mol. The van der Waals surface area contributed by atoms with E-state index in [1.807, 2.05) is 11.4 Å². The number of hydrogen-bond acceptors (Lipinski definition) is 7. The van der Waals surface area contributed by atoms with E-state index in [1.165, 1.54) is 0 Å². The minimum atomic E-state index is 0.217. The number of hydrazine groups is 1. The molecule has 17 heavy (non-hydrogen) atoms. The molecule has 0 saturated heterocycles. The minimum Gasteiger partial charge on any atom is -0.396 e. The van der Waals surface area contributed by atoms with Gasteiger partial charge in [0.25, 0.3) is 0 Å². The van der Waals surface area contributed by atoms with Gasteiger partial charge >= 0.3 is 0 Å². The van der Waals surface area contributed by atoms with Crippen LogP contribution >= 0.6 is 11.3 Å². The number of unbranched alkanes of at least 4 members (excludes halogenated alkanes) is 1. The lowest BCUT2D eigenvalue weighted by Crippen LogP contribution is -2.12.